The van der Waals surface area contributed by atoms with Crippen LogP contribution in [0.15, 0.2) is 29.3 Å². The van der Waals surface area contributed by atoms with Gasteiger partial charge in [-0.05, 0) is 19.1 Å². The lowest BCUT2D eigenvalue weighted by molar-refractivity contribution is -0.111. The second-order valence-corrected chi connectivity index (χ2v) is 3.98. The predicted molar refractivity (Wildman–Crippen MR) is 58.9 cm³/mol. The van der Waals surface area contributed by atoms with Gasteiger partial charge >= 0.3 is 0 Å². The second kappa shape index (κ2) is 4.07. The fraction of sp³-hybridized carbons (Fsp3) is 0.100. The van der Waals surface area contributed by atoms with Crippen molar-refractivity contribution in [1.29, 1.82) is 0 Å². The van der Waals surface area contributed by atoms with Gasteiger partial charge in [0.1, 0.15) is 0 Å². The number of hydrogen-bond acceptors (Lipinski definition) is 1. The van der Waals surface area contributed by atoms with Gasteiger partial charge in [-0.1, -0.05) is 40.2 Å². The molecule has 0 saturated heterocycles. The summed E-state index contributed by atoms with van der Waals surface area (Å²) < 4.78 is 0.887. The van der Waals surface area contributed by atoms with Crippen LogP contribution in [0.4, 0.5) is 0 Å². The van der Waals surface area contributed by atoms with Crippen LogP contribution in [0.5, 0.6) is 0 Å². The molecular weight excluding hydrogens is 251 g/mol. The van der Waals surface area contributed by atoms with Crippen LogP contribution in [0.3, 0.4) is 0 Å². The largest absolute Gasteiger partial charge is 0.295 e. The molecule has 0 bridgehead atoms. The van der Waals surface area contributed by atoms with Gasteiger partial charge in [0.25, 0.3) is 0 Å². The minimum atomic E-state index is -0.0655. The Morgan fingerprint density at radius 1 is 1.54 bits per heavy atom. The summed E-state index contributed by atoms with van der Waals surface area (Å²) in [6, 6.07) is 5.34. The summed E-state index contributed by atoms with van der Waals surface area (Å²) in [6.07, 6.45) is 0. The molecule has 0 amide bonds. The van der Waals surface area contributed by atoms with E-state index in [4.69, 9.17) is 11.6 Å². The van der Waals surface area contributed by atoms with Crippen LogP contribution in [0.2, 0.25) is 5.02 Å². The van der Waals surface area contributed by atoms with Crippen molar-refractivity contribution in [2.75, 3.05) is 0 Å². The zero-order chi connectivity index (χ0) is 10.0. The van der Waals surface area contributed by atoms with E-state index in [1.165, 1.54) is 6.92 Å². The highest BCUT2D eigenvalue weighted by Crippen LogP contribution is 2.26. The van der Waals surface area contributed by atoms with E-state index in [1.54, 1.807) is 12.1 Å². The van der Waals surface area contributed by atoms with E-state index in [0.29, 0.717) is 16.2 Å². The van der Waals surface area contributed by atoms with Crippen LogP contribution in [0.25, 0.3) is 5.57 Å². The van der Waals surface area contributed by atoms with Crippen molar-refractivity contribution in [2.45, 2.75) is 6.92 Å². The number of Topliss-reactive ketones (excluding diaryl/α,β-unsaturated/α-hetero) is 1. The Hall–Kier alpha value is -0.600. The molecule has 0 radical (unpaired) electrons. The summed E-state index contributed by atoms with van der Waals surface area (Å²) in [7, 11) is 0. The van der Waals surface area contributed by atoms with Crippen LogP contribution < -0.4 is 0 Å². The van der Waals surface area contributed by atoms with Crippen LogP contribution in [0, 0.1) is 0 Å². The molecule has 0 N–H and O–H groups in total. The fourth-order valence-corrected chi connectivity index (χ4v) is 1.71. The summed E-state index contributed by atoms with van der Waals surface area (Å²) in [6.45, 7) is 5.14. The molecule has 1 aromatic carbocycles. The van der Waals surface area contributed by atoms with E-state index in [9.17, 15) is 4.79 Å². The van der Waals surface area contributed by atoms with Gasteiger partial charge in [0, 0.05) is 20.6 Å². The lowest BCUT2D eigenvalue weighted by atomic mass is 10.0. The van der Waals surface area contributed by atoms with Gasteiger partial charge in [0.05, 0.1) is 0 Å². The van der Waals surface area contributed by atoms with Crippen LogP contribution in [-0.2, 0) is 4.79 Å². The van der Waals surface area contributed by atoms with Crippen molar-refractivity contribution in [3.8, 4) is 0 Å². The summed E-state index contributed by atoms with van der Waals surface area (Å²) in [4.78, 5) is 11.0. The van der Waals surface area contributed by atoms with Gasteiger partial charge in [0.15, 0.2) is 5.78 Å². The highest BCUT2D eigenvalue weighted by molar-refractivity contribution is 9.10. The van der Waals surface area contributed by atoms with Gasteiger partial charge in [-0.2, -0.15) is 0 Å². The number of hydrogen-bond donors (Lipinski definition) is 0. The number of allylic oxidation sites excluding steroid dienone is 1. The molecule has 1 aromatic rings. The van der Waals surface area contributed by atoms with Crippen molar-refractivity contribution in [1.82, 2.24) is 0 Å². The molecule has 0 aliphatic carbocycles. The van der Waals surface area contributed by atoms with Gasteiger partial charge in [-0.3, -0.25) is 4.79 Å². The first kappa shape index (κ1) is 10.5. The van der Waals surface area contributed by atoms with Crippen molar-refractivity contribution in [3.63, 3.8) is 0 Å². The quantitative estimate of drug-likeness (QED) is 0.740. The van der Waals surface area contributed by atoms with Crippen molar-refractivity contribution in [3.05, 3.63) is 39.8 Å². The lowest BCUT2D eigenvalue weighted by Crippen LogP contribution is -1.94. The Morgan fingerprint density at radius 2 is 2.15 bits per heavy atom. The van der Waals surface area contributed by atoms with Crippen molar-refractivity contribution < 1.29 is 4.79 Å². The Morgan fingerprint density at radius 3 is 2.62 bits per heavy atom. The molecular formula is C10H8BrClO. The molecule has 0 aromatic heterocycles. The maximum atomic E-state index is 11.0. The van der Waals surface area contributed by atoms with E-state index in [2.05, 4.69) is 22.5 Å². The first-order chi connectivity index (χ1) is 6.02. The third-order valence-corrected chi connectivity index (χ3v) is 2.49. The third-order valence-electron chi connectivity index (χ3n) is 1.68. The van der Waals surface area contributed by atoms with Crippen LogP contribution in [-0.4, -0.2) is 5.78 Å². The molecule has 1 rings (SSSR count). The number of carbonyl (C=O) groups excluding carboxylic acids is 1. The number of benzene rings is 1. The first-order valence-corrected chi connectivity index (χ1v) is 4.84. The second-order valence-electron chi connectivity index (χ2n) is 2.66. The van der Waals surface area contributed by atoms with Gasteiger partial charge < -0.3 is 0 Å². The fourth-order valence-electron chi connectivity index (χ4n) is 0.924. The van der Waals surface area contributed by atoms with E-state index in [-0.39, 0.29) is 5.78 Å². The highest BCUT2D eigenvalue weighted by Gasteiger charge is 2.08. The van der Waals surface area contributed by atoms with E-state index < -0.39 is 0 Å². The summed E-state index contributed by atoms with van der Waals surface area (Å²) in [5.74, 6) is -0.0655. The molecule has 0 heterocycles. The van der Waals surface area contributed by atoms with Gasteiger partial charge in [-0.25, -0.2) is 0 Å². The average molecular weight is 260 g/mol. The van der Waals surface area contributed by atoms with Crippen LogP contribution >= 0.6 is 27.5 Å². The monoisotopic (exact) mass is 258 g/mol. The molecule has 3 heteroatoms. The SMILES string of the molecule is C=C(C(C)=O)c1ccc(Br)cc1Cl. The molecule has 13 heavy (non-hydrogen) atoms. The zero-order valence-electron chi connectivity index (χ0n) is 7.10. The molecule has 68 valence electrons. The maximum Gasteiger partial charge on any atom is 0.159 e. The van der Waals surface area contributed by atoms with Gasteiger partial charge in [0.2, 0.25) is 0 Å². The molecule has 1 nitrogen and oxygen atoms in total. The molecule has 0 unspecified atom stereocenters. The van der Waals surface area contributed by atoms with E-state index >= 15 is 0 Å². The minimum Gasteiger partial charge on any atom is -0.295 e. The normalized spacial score (nSPS) is 9.77. The third kappa shape index (κ3) is 2.42. The lowest BCUT2D eigenvalue weighted by Gasteiger charge is -2.04. The maximum absolute atomic E-state index is 11.0. The number of ketones is 1. The highest BCUT2D eigenvalue weighted by atomic mass is 79.9. The zero-order valence-corrected chi connectivity index (χ0v) is 9.45. The smallest absolute Gasteiger partial charge is 0.159 e. The Bertz CT molecular complexity index is 371. The summed E-state index contributed by atoms with van der Waals surface area (Å²) in [5.41, 5.74) is 1.13. The minimum absolute atomic E-state index is 0.0655. The Balaban J connectivity index is 3.16. The molecule has 0 aliphatic heterocycles. The summed E-state index contributed by atoms with van der Waals surface area (Å²) >= 11 is 9.21. The standard InChI is InChI=1S/C10H8BrClO/c1-6(7(2)13)9-4-3-8(11)5-10(9)12/h3-5H,1H2,2H3. The topological polar surface area (TPSA) is 17.1 Å². The van der Waals surface area contributed by atoms with E-state index in [0.717, 1.165) is 4.47 Å². The summed E-state index contributed by atoms with van der Waals surface area (Å²) in [5, 5.41) is 0.537. The van der Waals surface area contributed by atoms with Gasteiger partial charge in [-0.15, -0.1) is 0 Å². The van der Waals surface area contributed by atoms with Crippen molar-refractivity contribution >= 4 is 38.9 Å². The number of halogens is 2. The van der Waals surface area contributed by atoms with Crippen molar-refractivity contribution in [2.24, 2.45) is 0 Å². The molecule has 0 fully saturated rings. The number of rotatable bonds is 2. The Labute approximate surface area is 90.5 Å². The number of carbonyl (C=O) groups is 1. The molecule has 0 atom stereocenters. The Kier molecular flexibility index (Phi) is 3.28. The average Bonchev–Trinajstić information content (AvgIpc) is 2.03. The first-order valence-electron chi connectivity index (χ1n) is 3.67. The van der Waals surface area contributed by atoms with Crippen LogP contribution in [0.1, 0.15) is 12.5 Å². The molecule has 0 saturated carbocycles. The van der Waals surface area contributed by atoms with E-state index in [1.807, 2.05) is 6.07 Å². The molecule has 0 spiro atoms. The molecule has 0 aliphatic rings. The predicted octanol–water partition coefficient (Wildman–Crippen LogP) is 3.70.